The summed E-state index contributed by atoms with van der Waals surface area (Å²) in [6, 6.07) is 7.83. The summed E-state index contributed by atoms with van der Waals surface area (Å²) in [6.45, 7) is 0. The molecule has 1 aromatic carbocycles. The number of fused-ring (bicyclic) bond motifs is 1. The van der Waals surface area contributed by atoms with Gasteiger partial charge < -0.3 is 11.1 Å². The molecule has 0 atom stereocenters. The van der Waals surface area contributed by atoms with Gasteiger partial charge in [-0.1, -0.05) is 23.7 Å². The first kappa shape index (κ1) is 11.7. The molecule has 5 nitrogen and oxygen atoms in total. The lowest BCUT2D eigenvalue weighted by Gasteiger charge is -2.10. The Hall–Kier alpha value is -2.40. The van der Waals surface area contributed by atoms with Gasteiger partial charge in [-0.2, -0.15) is 4.98 Å². The number of pyridine rings is 1. The molecule has 3 aromatic rings. The number of anilines is 3. The Kier molecular flexibility index (Phi) is 2.89. The van der Waals surface area contributed by atoms with Crippen molar-refractivity contribution in [3.05, 3.63) is 47.9 Å². The van der Waals surface area contributed by atoms with E-state index in [0.29, 0.717) is 10.8 Å². The van der Waals surface area contributed by atoms with Crippen LogP contribution in [0.1, 0.15) is 0 Å². The van der Waals surface area contributed by atoms with Crippen molar-refractivity contribution in [1.29, 1.82) is 0 Å². The highest BCUT2D eigenvalue weighted by Gasteiger charge is 2.06. The zero-order valence-corrected chi connectivity index (χ0v) is 10.6. The summed E-state index contributed by atoms with van der Waals surface area (Å²) in [7, 11) is 0. The number of nitrogens with zero attached hydrogens (tertiary/aromatic N) is 3. The minimum atomic E-state index is 0.172. The summed E-state index contributed by atoms with van der Waals surface area (Å²) in [5, 5.41) is 5.63. The maximum Gasteiger partial charge on any atom is 0.222 e. The van der Waals surface area contributed by atoms with E-state index < -0.39 is 0 Å². The lowest BCUT2D eigenvalue weighted by molar-refractivity contribution is 1.18. The van der Waals surface area contributed by atoms with Crippen molar-refractivity contribution >= 4 is 39.8 Å². The van der Waals surface area contributed by atoms with Crippen LogP contribution in [0.25, 0.3) is 10.8 Å². The Balaban J connectivity index is 2.08. The third-order valence-corrected chi connectivity index (χ3v) is 2.98. The minimum absolute atomic E-state index is 0.172. The van der Waals surface area contributed by atoms with Crippen LogP contribution in [0.4, 0.5) is 17.5 Å². The maximum absolute atomic E-state index is 6.04. The number of nitrogens with two attached hydrogens (primary N) is 1. The van der Waals surface area contributed by atoms with Crippen molar-refractivity contribution in [2.24, 2.45) is 0 Å². The van der Waals surface area contributed by atoms with Crippen LogP contribution < -0.4 is 11.1 Å². The largest absolute Gasteiger partial charge is 0.368 e. The van der Waals surface area contributed by atoms with Crippen LogP contribution in [0.2, 0.25) is 5.02 Å². The number of benzene rings is 1. The van der Waals surface area contributed by atoms with Crippen LogP contribution in [0.3, 0.4) is 0 Å². The summed E-state index contributed by atoms with van der Waals surface area (Å²) < 4.78 is 0. The molecule has 0 spiro atoms. The van der Waals surface area contributed by atoms with Gasteiger partial charge in [-0.05, 0) is 17.5 Å². The predicted octanol–water partition coefficient (Wildman–Crippen LogP) is 3.00. The van der Waals surface area contributed by atoms with Gasteiger partial charge >= 0.3 is 0 Å². The average Bonchev–Trinajstić information content (AvgIpc) is 2.43. The highest BCUT2D eigenvalue weighted by atomic mass is 35.5. The van der Waals surface area contributed by atoms with Crippen molar-refractivity contribution in [2.45, 2.75) is 0 Å². The van der Waals surface area contributed by atoms with Gasteiger partial charge in [-0.25, -0.2) is 4.98 Å². The Morgan fingerprint density at radius 3 is 2.95 bits per heavy atom. The molecular formula is C13H10ClN5. The van der Waals surface area contributed by atoms with Gasteiger partial charge in [0.05, 0.1) is 6.20 Å². The van der Waals surface area contributed by atoms with E-state index in [4.69, 9.17) is 17.3 Å². The van der Waals surface area contributed by atoms with Crippen LogP contribution >= 0.6 is 11.6 Å². The molecule has 3 N–H and O–H groups in total. The van der Waals surface area contributed by atoms with Gasteiger partial charge in [0.1, 0.15) is 5.02 Å². The first-order chi connectivity index (χ1) is 9.24. The lowest BCUT2D eigenvalue weighted by Crippen LogP contribution is -2.00. The molecule has 6 heteroatoms. The van der Waals surface area contributed by atoms with Crippen LogP contribution in [-0.4, -0.2) is 15.0 Å². The quantitative estimate of drug-likeness (QED) is 0.749. The SMILES string of the molecule is Nc1ncc(Cl)c(Nc2cccc3ccncc23)n1. The molecule has 0 unspecified atom stereocenters. The van der Waals surface area contributed by atoms with E-state index in [0.717, 1.165) is 16.5 Å². The Labute approximate surface area is 114 Å². The second-order valence-corrected chi connectivity index (χ2v) is 4.36. The molecular weight excluding hydrogens is 262 g/mol. The number of rotatable bonds is 2. The third kappa shape index (κ3) is 2.28. The first-order valence-electron chi connectivity index (χ1n) is 5.62. The van der Waals surface area contributed by atoms with Gasteiger partial charge in [0.15, 0.2) is 5.82 Å². The number of aromatic nitrogens is 3. The van der Waals surface area contributed by atoms with Crippen LogP contribution in [-0.2, 0) is 0 Å². The highest BCUT2D eigenvalue weighted by molar-refractivity contribution is 6.33. The zero-order valence-electron chi connectivity index (χ0n) is 9.84. The number of halogens is 1. The standard InChI is InChI=1S/C13H10ClN5/c14-10-7-17-13(15)19-12(10)18-11-3-1-2-8-4-5-16-6-9(8)11/h1-7H,(H3,15,17,18,19). The smallest absolute Gasteiger partial charge is 0.222 e. The van der Waals surface area contributed by atoms with Crippen molar-refractivity contribution in [2.75, 3.05) is 11.1 Å². The second-order valence-electron chi connectivity index (χ2n) is 3.95. The van der Waals surface area contributed by atoms with Crippen LogP contribution in [0.15, 0.2) is 42.9 Å². The van der Waals surface area contributed by atoms with Crippen LogP contribution in [0, 0.1) is 0 Å². The molecule has 0 bridgehead atoms. The van der Waals surface area contributed by atoms with E-state index >= 15 is 0 Å². The van der Waals surface area contributed by atoms with E-state index in [2.05, 4.69) is 20.3 Å². The third-order valence-electron chi connectivity index (χ3n) is 2.70. The van der Waals surface area contributed by atoms with E-state index in [1.807, 2.05) is 24.3 Å². The molecule has 0 saturated carbocycles. The van der Waals surface area contributed by atoms with E-state index in [1.165, 1.54) is 6.20 Å². The zero-order chi connectivity index (χ0) is 13.2. The van der Waals surface area contributed by atoms with Crippen molar-refractivity contribution in [3.63, 3.8) is 0 Å². The molecule has 0 fully saturated rings. The fourth-order valence-electron chi connectivity index (χ4n) is 1.82. The molecule has 0 aliphatic heterocycles. The summed E-state index contributed by atoms with van der Waals surface area (Å²) in [5.74, 6) is 0.649. The molecule has 94 valence electrons. The molecule has 0 radical (unpaired) electrons. The summed E-state index contributed by atoms with van der Waals surface area (Å²) in [6.07, 6.45) is 5.01. The average molecular weight is 272 g/mol. The predicted molar refractivity (Wildman–Crippen MR) is 76.5 cm³/mol. The fraction of sp³-hybridized carbons (Fsp3) is 0. The Morgan fingerprint density at radius 1 is 1.16 bits per heavy atom. The molecule has 0 aliphatic rings. The molecule has 0 aliphatic carbocycles. The molecule has 2 aromatic heterocycles. The normalized spacial score (nSPS) is 10.6. The minimum Gasteiger partial charge on any atom is -0.368 e. The number of nitrogens with one attached hydrogen (secondary N) is 1. The fourth-order valence-corrected chi connectivity index (χ4v) is 1.96. The van der Waals surface area contributed by atoms with Gasteiger partial charge in [0, 0.05) is 23.5 Å². The Morgan fingerprint density at radius 2 is 2.05 bits per heavy atom. The lowest BCUT2D eigenvalue weighted by atomic mass is 10.1. The summed E-state index contributed by atoms with van der Waals surface area (Å²) in [4.78, 5) is 12.0. The molecule has 0 amide bonds. The highest BCUT2D eigenvalue weighted by Crippen LogP contribution is 2.28. The number of hydrogen-bond donors (Lipinski definition) is 2. The van der Waals surface area contributed by atoms with Crippen molar-refractivity contribution in [1.82, 2.24) is 15.0 Å². The second kappa shape index (κ2) is 4.70. The molecule has 2 heterocycles. The molecule has 19 heavy (non-hydrogen) atoms. The van der Waals surface area contributed by atoms with Gasteiger partial charge in [-0.3, -0.25) is 4.98 Å². The Bertz CT molecular complexity index is 739. The van der Waals surface area contributed by atoms with Crippen molar-refractivity contribution < 1.29 is 0 Å². The number of nitrogen functional groups attached to an aromatic ring is 1. The van der Waals surface area contributed by atoms with Crippen LogP contribution in [0.5, 0.6) is 0 Å². The maximum atomic E-state index is 6.04. The van der Waals surface area contributed by atoms with E-state index in [1.54, 1.807) is 12.4 Å². The monoisotopic (exact) mass is 271 g/mol. The summed E-state index contributed by atoms with van der Waals surface area (Å²) in [5.41, 5.74) is 6.43. The topological polar surface area (TPSA) is 76.7 Å². The van der Waals surface area contributed by atoms with Crippen molar-refractivity contribution in [3.8, 4) is 0 Å². The first-order valence-corrected chi connectivity index (χ1v) is 5.99. The number of hydrogen-bond acceptors (Lipinski definition) is 5. The van der Waals surface area contributed by atoms with Gasteiger partial charge in [0.25, 0.3) is 0 Å². The van der Waals surface area contributed by atoms with Gasteiger partial charge in [0.2, 0.25) is 5.95 Å². The van der Waals surface area contributed by atoms with E-state index in [9.17, 15) is 0 Å². The van der Waals surface area contributed by atoms with E-state index in [-0.39, 0.29) is 5.95 Å². The van der Waals surface area contributed by atoms with Gasteiger partial charge in [-0.15, -0.1) is 0 Å². The summed E-state index contributed by atoms with van der Waals surface area (Å²) >= 11 is 6.04. The molecule has 3 rings (SSSR count). The molecule has 0 saturated heterocycles.